The van der Waals surface area contributed by atoms with Crippen LogP contribution < -0.4 is 5.32 Å². The van der Waals surface area contributed by atoms with Crippen molar-refractivity contribution in [2.45, 2.75) is 25.5 Å². The molecule has 3 rings (SSSR count). The van der Waals surface area contributed by atoms with Crippen LogP contribution in [0.3, 0.4) is 0 Å². The van der Waals surface area contributed by atoms with Crippen molar-refractivity contribution in [3.63, 3.8) is 0 Å². The number of carbonyl (C=O) groups is 4. The molecule has 184 valence electrons. The fourth-order valence-corrected chi connectivity index (χ4v) is 4.45. The number of amides is 2. The Labute approximate surface area is 207 Å². The fourth-order valence-electron chi connectivity index (χ4n) is 3.25. The van der Waals surface area contributed by atoms with Crippen molar-refractivity contribution >= 4 is 46.4 Å². The van der Waals surface area contributed by atoms with Crippen molar-refractivity contribution in [2.24, 2.45) is 4.99 Å². The number of ether oxygens (including phenoxy) is 2. The summed E-state index contributed by atoms with van der Waals surface area (Å²) in [5, 5.41) is 2.78. The molecule has 0 saturated heterocycles. The molecule has 1 unspecified atom stereocenters. The van der Waals surface area contributed by atoms with Gasteiger partial charge in [0.05, 0.1) is 11.1 Å². The molecule has 0 spiro atoms. The van der Waals surface area contributed by atoms with Crippen LogP contribution in [0.4, 0.5) is 5.69 Å². The number of esters is 2. The molecule has 10 heteroatoms. The van der Waals surface area contributed by atoms with Crippen molar-refractivity contribution in [2.75, 3.05) is 31.6 Å². The predicted molar refractivity (Wildman–Crippen MR) is 133 cm³/mol. The Bertz CT molecular complexity index is 1100. The average molecular weight is 498 g/mol. The number of nitrogens with one attached hydrogen (secondary N) is 1. The summed E-state index contributed by atoms with van der Waals surface area (Å²) in [4.78, 5) is 55.0. The zero-order chi connectivity index (χ0) is 25.2. The van der Waals surface area contributed by atoms with E-state index in [1.807, 2.05) is 18.7 Å². The van der Waals surface area contributed by atoms with Crippen LogP contribution in [0.15, 0.2) is 59.6 Å². The second-order valence-electron chi connectivity index (χ2n) is 7.48. The summed E-state index contributed by atoms with van der Waals surface area (Å²) in [7, 11) is 0. The number of hydrogen-bond acceptors (Lipinski definition) is 8. The van der Waals surface area contributed by atoms with E-state index in [0.717, 1.165) is 13.1 Å². The number of thioether (sulfide) groups is 1. The van der Waals surface area contributed by atoms with Crippen LogP contribution in [0.25, 0.3) is 0 Å². The van der Waals surface area contributed by atoms with Crippen LogP contribution >= 0.6 is 11.8 Å². The molecule has 1 N–H and O–H groups in total. The summed E-state index contributed by atoms with van der Waals surface area (Å²) >= 11 is 1.29. The molecule has 1 heterocycles. The highest BCUT2D eigenvalue weighted by Crippen LogP contribution is 2.27. The van der Waals surface area contributed by atoms with E-state index in [4.69, 9.17) is 9.47 Å². The van der Waals surface area contributed by atoms with Crippen LogP contribution in [-0.4, -0.2) is 65.4 Å². The third-order valence-electron chi connectivity index (χ3n) is 5.07. The largest absolute Gasteiger partial charge is 0.458 e. The van der Waals surface area contributed by atoms with Gasteiger partial charge in [-0.3, -0.25) is 9.59 Å². The Morgan fingerprint density at radius 2 is 1.57 bits per heavy atom. The van der Waals surface area contributed by atoms with E-state index in [-0.39, 0.29) is 37.0 Å². The lowest BCUT2D eigenvalue weighted by Gasteiger charge is -2.19. The first kappa shape index (κ1) is 26.0. The van der Waals surface area contributed by atoms with Gasteiger partial charge >= 0.3 is 11.9 Å². The van der Waals surface area contributed by atoms with Crippen molar-refractivity contribution in [1.29, 1.82) is 0 Å². The standard InChI is InChI=1S/C25H27N3O6S/c1-3-28(4-2)25-27-22(30)20(35-25)16-21(29)26-19-12-8-11-18(15-19)24(32)34-14-13-33-23(31)17-9-6-5-7-10-17/h5-12,15,20H,3-4,13-14,16H2,1-2H3,(H,26,29). The van der Waals surface area contributed by atoms with E-state index < -0.39 is 17.2 Å². The van der Waals surface area contributed by atoms with Crippen LogP contribution in [0, 0.1) is 0 Å². The van der Waals surface area contributed by atoms with E-state index in [0.29, 0.717) is 16.4 Å². The van der Waals surface area contributed by atoms with Gasteiger partial charge in [0.25, 0.3) is 5.91 Å². The lowest BCUT2D eigenvalue weighted by Crippen LogP contribution is -2.27. The second kappa shape index (κ2) is 12.7. The maximum atomic E-state index is 12.5. The van der Waals surface area contributed by atoms with Gasteiger partial charge in [0.2, 0.25) is 5.91 Å². The normalized spacial score (nSPS) is 14.7. The Morgan fingerprint density at radius 1 is 0.943 bits per heavy atom. The maximum Gasteiger partial charge on any atom is 0.338 e. The highest BCUT2D eigenvalue weighted by molar-refractivity contribution is 8.15. The van der Waals surface area contributed by atoms with Crippen LogP contribution in [-0.2, 0) is 19.1 Å². The van der Waals surface area contributed by atoms with Gasteiger partial charge in [0.15, 0.2) is 5.17 Å². The molecule has 0 bridgehead atoms. The number of amidine groups is 1. The van der Waals surface area contributed by atoms with Crippen molar-refractivity contribution in [3.8, 4) is 0 Å². The van der Waals surface area contributed by atoms with Crippen molar-refractivity contribution < 1.29 is 28.7 Å². The quantitative estimate of drug-likeness (QED) is 0.393. The molecule has 1 aliphatic heterocycles. The first-order valence-electron chi connectivity index (χ1n) is 11.2. The van der Waals surface area contributed by atoms with Crippen LogP contribution in [0.1, 0.15) is 41.0 Å². The van der Waals surface area contributed by atoms with Gasteiger partial charge in [-0.2, -0.15) is 4.99 Å². The van der Waals surface area contributed by atoms with Gasteiger partial charge in [-0.05, 0) is 44.2 Å². The molecule has 35 heavy (non-hydrogen) atoms. The summed E-state index contributed by atoms with van der Waals surface area (Å²) in [5.41, 5.74) is 1.05. The summed E-state index contributed by atoms with van der Waals surface area (Å²) in [5.74, 6) is -1.79. The monoisotopic (exact) mass is 497 g/mol. The molecule has 0 aliphatic carbocycles. The molecule has 1 aliphatic rings. The minimum Gasteiger partial charge on any atom is -0.458 e. The summed E-state index contributed by atoms with van der Waals surface area (Å²) < 4.78 is 10.2. The van der Waals surface area contributed by atoms with E-state index >= 15 is 0 Å². The number of nitrogens with zero attached hydrogens (tertiary/aromatic N) is 2. The fraction of sp³-hybridized carbons (Fsp3) is 0.320. The number of hydrogen-bond donors (Lipinski definition) is 1. The minimum atomic E-state index is -0.615. The van der Waals surface area contributed by atoms with Crippen LogP contribution in [0.2, 0.25) is 0 Å². The molecule has 2 aromatic rings. The average Bonchev–Trinajstić information content (AvgIpc) is 3.22. The molecule has 0 aromatic heterocycles. The Balaban J connectivity index is 1.45. The van der Waals surface area contributed by atoms with Gasteiger partial charge < -0.3 is 19.7 Å². The zero-order valence-corrected chi connectivity index (χ0v) is 20.4. The first-order valence-corrected chi connectivity index (χ1v) is 12.1. The summed E-state index contributed by atoms with van der Waals surface area (Å²) in [6.07, 6.45) is -0.0285. The first-order chi connectivity index (χ1) is 16.9. The molecule has 2 amide bonds. The lowest BCUT2D eigenvalue weighted by atomic mass is 10.2. The minimum absolute atomic E-state index is 0.0285. The molecule has 0 fully saturated rings. The van der Waals surface area contributed by atoms with Crippen molar-refractivity contribution in [3.05, 3.63) is 65.7 Å². The Morgan fingerprint density at radius 3 is 2.23 bits per heavy atom. The number of anilines is 1. The van der Waals surface area contributed by atoms with Crippen LogP contribution in [0.5, 0.6) is 0 Å². The van der Waals surface area contributed by atoms with Gasteiger partial charge in [-0.15, -0.1) is 0 Å². The molecular weight excluding hydrogens is 470 g/mol. The van der Waals surface area contributed by atoms with Gasteiger partial charge in [-0.1, -0.05) is 36.0 Å². The van der Waals surface area contributed by atoms with Gasteiger partial charge in [-0.25, -0.2) is 9.59 Å². The predicted octanol–water partition coefficient (Wildman–Crippen LogP) is 3.37. The van der Waals surface area contributed by atoms with Gasteiger partial charge in [0, 0.05) is 25.2 Å². The third-order valence-corrected chi connectivity index (χ3v) is 6.29. The highest BCUT2D eigenvalue weighted by atomic mass is 32.2. The van der Waals surface area contributed by atoms with E-state index in [1.165, 1.54) is 17.8 Å². The molecular formula is C25H27N3O6S. The maximum absolute atomic E-state index is 12.5. The molecule has 0 radical (unpaired) electrons. The smallest absolute Gasteiger partial charge is 0.338 e. The van der Waals surface area contributed by atoms with E-state index in [1.54, 1.807) is 48.5 Å². The van der Waals surface area contributed by atoms with E-state index in [2.05, 4.69) is 10.3 Å². The lowest BCUT2D eigenvalue weighted by molar-refractivity contribution is -0.121. The number of carbonyl (C=O) groups excluding carboxylic acids is 4. The van der Waals surface area contributed by atoms with Crippen molar-refractivity contribution in [1.82, 2.24) is 4.90 Å². The molecule has 9 nitrogen and oxygen atoms in total. The summed E-state index contributed by atoms with van der Waals surface area (Å²) in [6.45, 7) is 5.23. The highest BCUT2D eigenvalue weighted by Gasteiger charge is 2.32. The number of aliphatic imine (C=N–C) groups is 1. The van der Waals surface area contributed by atoms with E-state index in [9.17, 15) is 19.2 Å². The molecule has 1 atom stereocenters. The Hall–Kier alpha value is -3.66. The number of benzene rings is 2. The summed E-state index contributed by atoms with van der Waals surface area (Å²) in [6, 6.07) is 14.8. The van der Waals surface area contributed by atoms with Gasteiger partial charge in [0.1, 0.15) is 18.5 Å². The topological polar surface area (TPSA) is 114 Å². The molecule has 0 saturated carbocycles. The Kier molecular flexibility index (Phi) is 9.42. The number of rotatable bonds is 10. The second-order valence-corrected chi connectivity index (χ2v) is 8.65. The zero-order valence-electron chi connectivity index (χ0n) is 19.6. The molecule has 2 aromatic carbocycles. The SMILES string of the molecule is CCN(CC)C1=NC(=O)C(CC(=O)Nc2cccc(C(=O)OCCOC(=O)c3ccccc3)c2)S1. The third kappa shape index (κ3) is 7.41.